The highest BCUT2D eigenvalue weighted by molar-refractivity contribution is 7.48. The number of ether oxygens (including phenoxy) is 2. The van der Waals surface area contributed by atoms with Gasteiger partial charge in [0.15, 0.2) is 12.1 Å². The molecule has 3 aromatic rings. The fourth-order valence-electron chi connectivity index (χ4n) is 3.47. The summed E-state index contributed by atoms with van der Waals surface area (Å²) in [5.41, 5.74) is 2.42. The lowest BCUT2D eigenvalue weighted by molar-refractivity contribution is -0.129. The van der Waals surface area contributed by atoms with Crippen molar-refractivity contribution in [2.75, 3.05) is 6.61 Å². The second kappa shape index (κ2) is 11.7. The lowest BCUT2D eigenvalue weighted by atomic mass is 10.1. The topological polar surface area (TPSA) is 80.3 Å². The maximum atomic E-state index is 13.5. The van der Waals surface area contributed by atoms with Crippen LogP contribution in [0.4, 0.5) is 0 Å². The lowest BCUT2D eigenvalue weighted by Crippen LogP contribution is -2.33. The van der Waals surface area contributed by atoms with Crippen molar-refractivity contribution in [1.82, 2.24) is 0 Å². The maximum Gasteiger partial charge on any atom is 0.475 e. The van der Waals surface area contributed by atoms with Gasteiger partial charge in [-0.15, -0.1) is 0 Å². The van der Waals surface area contributed by atoms with E-state index in [0.29, 0.717) is 0 Å². The molecule has 0 N–H and O–H groups in total. The van der Waals surface area contributed by atoms with Crippen LogP contribution in [-0.2, 0) is 45.6 Å². The van der Waals surface area contributed by atoms with Gasteiger partial charge in [-0.25, -0.2) is 4.57 Å². The number of carbonyl (C=O) groups excluding carboxylic acids is 1. The van der Waals surface area contributed by atoms with Crippen molar-refractivity contribution in [2.45, 2.75) is 38.6 Å². The molecule has 4 rings (SSSR count). The van der Waals surface area contributed by atoms with Gasteiger partial charge in [-0.3, -0.25) is 18.4 Å². The first-order valence-electron chi connectivity index (χ1n) is 11.0. The highest BCUT2D eigenvalue weighted by Gasteiger charge is 2.41. The number of Topliss-reactive ketones (excluding diaryl/α,β-unsaturated/α-hetero) is 1. The van der Waals surface area contributed by atoms with E-state index in [1.807, 2.05) is 91.0 Å². The summed E-state index contributed by atoms with van der Waals surface area (Å²) in [4.78, 5) is 12.2. The summed E-state index contributed by atoms with van der Waals surface area (Å²) in [5.74, 6) is -0.211. The normalized spacial score (nSPS) is 20.3. The van der Waals surface area contributed by atoms with E-state index < -0.39 is 26.3 Å². The monoisotopic (exact) mass is 482 g/mol. The molecule has 0 radical (unpaired) electrons. The van der Waals surface area contributed by atoms with Gasteiger partial charge in [0.1, 0.15) is 12.2 Å². The Bertz CT molecular complexity index is 1040. The Kier molecular flexibility index (Phi) is 8.40. The Morgan fingerprint density at radius 1 is 0.765 bits per heavy atom. The van der Waals surface area contributed by atoms with Crippen LogP contribution in [0, 0.1) is 0 Å². The van der Waals surface area contributed by atoms with Gasteiger partial charge in [-0.2, -0.15) is 0 Å². The second-order valence-corrected chi connectivity index (χ2v) is 9.51. The van der Waals surface area contributed by atoms with Gasteiger partial charge in [0.05, 0.1) is 19.8 Å². The van der Waals surface area contributed by atoms with Crippen LogP contribution in [0.25, 0.3) is 0 Å². The third-order valence-electron chi connectivity index (χ3n) is 5.24. The van der Waals surface area contributed by atoms with E-state index in [4.69, 9.17) is 23.0 Å². The molecule has 1 fully saturated rings. The quantitative estimate of drug-likeness (QED) is 0.328. The number of phosphoric acid groups is 1. The maximum absolute atomic E-state index is 13.5. The minimum absolute atomic E-state index is 0.0394. The summed E-state index contributed by atoms with van der Waals surface area (Å²) < 4.78 is 42.2. The third kappa shape index (κ3) is 6.70. The molecule has 34 heavy (non-hydrogen) atoms. The summed E-state index contributed by atoms with van der Waals surface area (Å²) in [7, 11) is -4.00. The van der Waals surface area contributed by atoms with Crippen LogP contribution in [-0.4, -0.2) is 24.6 Å². The Hall–Kier alpha value is -2.64. The summed E-state index contributed by atoms with van der Waals surface area (Å²) in [6.45, 7) is 1.30. The molecule has 1 aliphatic rings. The van der Waals surface area contributed by atoms with Crippen molar-refractivity contribution in [3.63, 3.8) is 0 Å². The fraction of sp³-hybridized carbons (Fsp3) is 0.269. The molecule has 1 saturated heterocycles. The minimum Gasteiger partial charge on any atom is -0.339 e. The zero-order valence-corrected chi connectivity index (χ0v) is 19.7. The van der Waals surface area contributed by atoms with E-state index in [9.17, 15) is 9.36 Å². The number of hydrogen-bond acceptors (Lipinski definition) is 7. The van der Waals surface area contributed by atoms with E-state index in [0.717, 1.165) is 16.7 Å². The lowest BCUT2D eigenvalue weighted by Gasteiger charge is -2.21. The summed E-state index contributed by atoms with van der Waals surface area (Å²) in [6.07, 6.45) is -2.35. The van der Waals surface area contributed by atoms with Crippen LogP contribution < -0.4 is 0 Å². The largest absolute Gasteiger partial charge is 0.475 e. The van der Waals surface area contributed by atoms with Gasteiger partial charge in [0, 0.05) is 5.56 Å². The zero-order chi connectivity index (χ0) is 23.8. The molecular formula is C26H27O7P. The first-order chi connectivity index (χ1) is 16.5. The number of ketones is 1. The molecule has 3 atom stereocenters. The van der Waals surface area contributed by atoms with E-state index in [2.05, 4.69) is 0 Å². The van der Waals surface area contributed by atoms with Crippen molar-refractivity contribution in [2.24, 2.45) is 0 Å². The molecule has 0 aliphatic carbocycles. The van der Waals surface area contributed by atoms with E-state index in [1.165, 1.54) is 6.92 Å². The molecule has 7 nitrogen and oxygen atoms in total. The van der Waals surface area contributed by atoms with Crippen molar-refractivity contribution >= 4 is 13.6 Å². The van der Waals surface area contributed by atoms with Crippen molar-refractivity contribution in [3.05, 3.63) is 108 Å². The number of hydrogen-bond donors (Lipinski definition) is 0. The van der Waals surface area contributed by atoms with Crippen LogP contribution in [0.1, 0.15) is 29.9 Å². The first-order valence-corrected chi connectivity index (χ1v) is 12.5. The van der Waals surface area contributed by atoms with Crippen molar-refractivity contribution < 1.29 is 32.4 Å². The minimum atomic E-state index is -4.00. The standard InChI is InChI=1S/C26H27O7P/c1-20(27)25-24(32-26(33-25)23-15-9-4-10-16-23)19-31-34(28,29-17-21-11-5-2-6-12-21)30-18-22-13-7-3-8-14-22/h2-16,24-26H,17-19H2,1H3/t24-,25-,26?/m0/s1. The molecule has 178 valence electrons. The summed E-state index contributed by atoms with van der Waals surface area (Å²) in [5, 5.41) is 0. The predicted molar refractivity (Wildman–Crippen MR) is 126 cm³/mol. The van der Waals surface area contributed by atoms with Gasteiger partial charge >= 0.3 is 7.82 Å². The first kappa shape index (κ1) is 24.5. The Morgan fingerprint density at radius 3 is 1.76 bits per heavy atom. The predicted octanol–water partition coefficient (Wildman–Crippen LogP) is 5.62. The van der Waals surface area contributed by atoms with Gasteiger partial charge in [-0.05, 0) is 18.1 Å². The zero-order valence-electron chi connectivity index (χ0n) is 18.8. The Balaban J connectivity index is 1.44. The molecule has 0 spiro atoms. The molecule has 1 heterocycles. The van der Waals surface area contributed by atoms with Crippen LogP contribution in [0.3, 0.4) is 0 Å². The number of phosphoric ester groups is 1. The molecule has 0 bridgehead atoms. The number of carbonyl (C=O) groups is 1. The van der Waals surface area contributed by atoms with Gasteiger partial charge in [0.25, 0.3) is 0 Å². The Morgan fingerprint density at radius 2 is 1.26 bits per heavy atom. The molecule has 1 unspecified atom stereocenters. The summed E-state index contributed by atoms with van der Waals surface area (Å²) >= 11 is 0. The molecule has 0 aromatic heterocycles. The Labute approximate surface area is 199 Å². The van der Waals surface area contributed by atoms with Crippen LogP contribution in [0.15, 0.2) is 91.0 Å². The number of rotatable bonds is 11. The smallest absolute Gasteiger partial charge is 0.339 e. The van der Waals surface area contributed by atoms with Gasteiger partial charge in [-0.1, -0.05) is 91.0 Å². The van der Waals surface area contributed by atoms with Gasteiger partial charge in [0.2, 0.25) is 0 Å². The second-order valence-electron chi connectivity index (χ2n) is 7.85. The van der Waals surface area contributed by atoms with Crippen molar-refractivity contribution in [1.29, 1.82) is 0 Å². The van der Waals surface area contributed by atoms with Crippen LogP contribution >= 0.6 is 7.82 Å². The summed E-state index contributed by atoms with van der Waals surface area (Å²) in [6, 6.07) is 27.9. The SMILES string of the molecule is CC(=O)[C@@H]1OC(c2ccccc2)O[C@H]1COP(=O)(OCc1ccccc1)OCc1ccccc1. The number of benzene rings is 3. The third-order valence-corrected chi connectivity index (χ3v) is 6.60. The van der Waals surface area contributed by atoms with E-state index in [1.54, 1.807) is 0 Å². The van der Waals surface area contributed by atoms with Crippen LogP contribution in [0.2, 0.25) is 0 Å². The average molecular weight is 482 g/mol. The molecule has 0 amide bonds. The fourth-order valence-corrected chi connectivity index (χ4v) is 4.63. The van der Waals surface area contributed by atoms with Crippen LogP contribution in [0.5, 0.6) is 0 Å². The molecular weight excluding hydrogens is 455 g/mol. The van der Waals surface area contributed by atoms with Gasteiger partial charge < -0.3 is 9.47 Å². The molecule has 0 saturated carbocycles. The molecule has 8 heteroatoms. The van der Waals surface area contributed by atoms with Crippen molar-refractivity contribution in [3.8, 4) is 0 Å². The molecule has 1 aliphatic heterocycles. The highest BCUT2D eigenvalue weighted by Crippen LogP contribution is 2.51. The molecule has 3 aromatic carbocycles. The van der Waals surface area contributed by atoms with E-state index >= 15 is 0 Å². The average Bonchev–Trinajstić information content (AvgIpc) is 3.32. The van der Waals surface area contributed by atoms with E-state index in [-0.39, 0.29) is 25.6 Å². The highest BCUT2D eigenvalue weighted by atomic mass is 31.2.